The van der Waals surface area contributed by atoms with E-state index in [1.54, 1.807) is 19.1 Å². The van der Waals surface area contributed by atoms with Gasteiger partial charge in [0.1, 0.15) is 11.9 Å². The van der Waals surface area contributed by atoms with E-state index >= 15 is 0 Å². The molecule has 112 valence electrons. The van der Waals surface area contributed by atoms with Gasteiger partial charge < -0.3 is 9.84 Å². The van der Waals surface area contributed by atoms with Crippen molar-refractivity contribution in [3.05, 3.63) is 35.1 Å². The van der Waals surface area contributed by atoms with E-state index in [0.717, 1.165) is 31.2 Å². The Balaban J connectivity index is 2.26. The largest absolute Gasteiger partial charge is 0.385 e. The van der Waals surface area contributed by atoms with Gasteiger partial charge in [0.15, 0.2) is 0 Å². The van der Waals surface area contributed by atoms with Crippen LogP contribution in [-0.4, -0.2) is 17.3 Å². The highest BCUT2D eigenvalue weighted by atomic mass is 19.1. The molecular weight excluding hydrogens is 255 g/mol. The van der Waals surface area contributed by atoms with Crippen molar-refractivity contribution in [2.24, 2.45) is 5.92 Å². The Morgan fingerprint density at radius 2 is 2.05 bits per heavy atom. The number of rotatable bonds is 4. The van der Waals surface area contributed by atoms with Crippen LogP contribution in [0.3, 0.4) is 0 Å². The van der Waals surface area contributed by atoms with E-state index in [0.29, 0.717) is 18.1 Å². The van der Waals surface area contributed by atoms with Crippen molar-refractivity contribution in [3.63, 3.8) is 0 Å². The predicted molar refractivity (Wildman–Crippen MR) is 78.1 cm³/mol. The van der Waals surface area contributed by atoms with Crippen LogP contribution in [0.1, 0.15) is 56.8 Å². The summed E-state index contributed by atoms with van der Waals surface area (Å²) in [6, 6.07) is 4.84. The van der Waals surface area contributed by atoms with E-state index in [-0.39, 0.29) is 5.82 Å². The van der Waals surface area contributed by atoms with Gasteiger partial charge in [-0.2, -0.15) is 0 Å². The Kier molecular flexibility index (Phi) is 4.82. The van der Waals surface area contributed by atoms with Crippen molar-refractivity contribution < 1.29 is 14.2 Å². The van der Waals surface area contributed by atoms with Gasteiger partial charge in [-0.05, 0) is 62.6 Å². The Labute approximate surface area is 121 Å². The van der Waals surface area contributed by atoms with Crippen LogP contribution < -0.4 is 0 Å². The molecule has 0 spiro atoms. The SMILES string of the molecule is CCOC1(C(O)c2ccc(F)c(C)c2)CCC(C)CC1. The monoisotopic (exact) mass is 280 g/mol. The lowest BCUT2D eigenvalue weighted by molar-refractivity contribution is -0.146. The average Bonchev–Trinajstić information content (AvgIpc) is 2.44. The second kappa shape index (κ2) is 6.23. The first-order valence-corrected chi connectivity index (χ1v) is 7.56. The van der Waals surface area contributed by atoms with Crippen LogP contribution >= 0.6 is 0 Å². The van der Waals surface area contributed by atoms with Crippen LogP contribution in [-0.2, 0) is 4.74 Å². The molecule has 20 heavy (non-hydrogen) atoms. The molecular formula is C17H25FO2. The fourth-order valence-corrected chi connectivity index (χ4v) is 3.18. The fourth-order valence-electron chi connectivity index (χ4n) is 3.18. The molecule has 1 saturated carbocycles. The van der Waals surface area contributed by atoms with Gasteiger partial charge in [-0.3, -0.25) is 0 Å². The average molecular weight is 280 g/mol. The zero-order valence-corrected chi connectivity index (χ0v) is 12.7. The summed E-state index contributed by atoms with van der Waals surface area (Å²) in [4.78, 5) is 0. The third-order valence-electron chi connectivity index (χ3n) is 4.55. The first kappa shape index (κ1) is 15.5. The summed E-state index contributed by atoms with van der Waals surface area (Å²) in [5.74, 6) is 0.453. The Morgan fingerprint density at radius 3 is 2.60 bits per heavy atom. The van der Waals surface area contributed by atoms with Gasteiger partial charge in [0.2, 0.25) is 0 Å². The fraction of sp³-hybridized carbons (Fsp3) is 0.647. The third kappa shape index (κ3) is 3.04. The lowest BCUT2D eigenvalue weighted by atomic mass is 9.74. The smallest absolute Gasteiger partial charge is 0.126 e. The summed E-state index contributed by atoms with van der Waals surface area (Å²) in [6.45, 7) is 6.51. The quantitative estimate of drug-likeness (QED) is 0.897. The highest BCUT2D eigenvalue weighted by Crippen LogP contribution is 2.43. The maximum Gasteiger partial charge on any atom is 0.126 e. The van der Waals surface area contributed by atoms with E-state index < -0.39 is 11.7 Å². The minimum Gasteiger partial charge on any atom is -0.385 e. The molecule has 1 aromatic rings. The van der Waals surface area contributed by atoms with Crippen molar-refractivity contribution in [1.29, 1.82) is 0 Å². The molecule has 1 N–H and O–H groups in total. The molecule has 1 aliphatic carbocycles. The molecule has 0 amide bonds. The standard InChI is InChI=1S/C17H25FO2/c1-4-20-17(9-7-12(2)8-10-17)16(19)14-5-6-15(18)13(3)11-14/h5-6,11-12,16,19H,4,7-10H2,1-3H3. The number of aliphatic hydroxyl groups excluding tert-OH is 1. The molecule has 0 bridgehead atoms. The van der Waals surface area contributed by atoms with Crippen LogP contribution in [0.25, 0.3) is 0 Å². The molecule has 2 nitrogen and oxygen atoms in total. The summed E-state index contributed by atoms with van der Waals surface area (Å²) in [7, 11) is 0. The van der Waals surface area contributed by atoms with E-state index in [4.69, 9.17) is 4.74 Å². The molecule has 1 fully saturated rings. The summed E-state index contributed by atoms with van der Waals surface area (Å²) < 4.78 is 19.3. The van der Waals surface area contributed by atoms with Crippen LogP contribution in [0.4, 0.5) is 4.39 Å². The van der Waals surface area contributed by atoms with Gasteiger partial charge in [0.05, 0.1) is 5.60 Å². The molecule has 1 aromatic carbocycles. The van der Waals surface area contributed by atoms with Gasteiger partial charge in [0, 0.05) is 6.61 Å². The highest BCUT2D eigenvalue weighted by Gasteiger charge is 2.42. The topological polar surface area (TPSA) is 29.5 Å². The van der Waals surface area contributed by atoms with Crippen molar-refractivity contribution in [2.75, 3.05) is 6.61 Å². The molecule has 0 aromatic heterocycles. The lowest BCUT2D eigenvalue weighted by Gasteiger charge is -2.42. The van der Waals surface area contributed by atoms with Crippen LogP contribution in [0, 0.1) is 18.7 Å². The zero-order valence-electron chi connectivity index (χ0n) is 12.7. The van der Waals surface area contributed by atoms with E-state index in [2.05, 4.69) is 6.92 Å². The van der Waals surface area contributed by atoms with Crippen molar-refractivity contribution in [1.82, 2.24) is 0 Å². The lowest BCUT2D eigenvalue weighted by Crippen LogP contribution is -2.42. The van der Waals surface area contributed by atoms with Crippen LogP contribution in [0.15, 0.2) is 18.2 Å². The van der Waals surface area contributed by atoms with Crippen molar-refractivity contribution in [2.45, 2.75) is 58.2 Å². The second-order valence-corrected chi connectivity index (χ2v) is 6.09. The molecule has 1 aliphatic rings. The molecule has 0 aliphatic heterocycles. The van der Waals surface area contributed by atoms with Gasteiger partial charge in [-0.15, -0.1) is 0 Å². The maximum atomic E-state index is 13.4. The Hall–Kier alpha value is -0.930. The number of benzene rings is 1. The Bertz CT molecular complexity index is 450. The minimum absolute atomic E-state index is 0.233. The number of ether oxygens (including phenoxy) is 1. The first-order chi connectivity index (χ1) is 9.48. The number of aliphatic hydroxyl groups is 1. The summed E-state index contributed by atoms with van der Waals surface area (Å²) in [5, 5.41) is 10.8. The number of aryl methyl sites for hydroxylation is 1. The zero-order chi connectivity index (χ0) is 14.8. The van der Waals surface area contributed by atoms with Crippen LogP contribution in [0.5, 0.6) is 0 Å². The number of halogens is 1. The molecule has 1 unspecified atom stereocenters. The summed E-state index contributed by atoms with van der Waals surface area (Å²) in [6.07, 6.45) is 3.17. The molecule has 1 atom stereocenters. The molecule has 0 saturated heterocycles. The van der Waals surface area contributed by atoms with E-state index in [1.807, 2.05) is 6.92 Å². The van der Waals surface area contributed by atoms with Gasteiger partial charge in [-0.25, -0.2) is 4.39 Å². The van der Waals surface area contributed by atoms with Gasteiger partial charge in [0.25, 0.3) is 0 Å². The van der Waals surface area contributed by atoms with Crippen molar-refractivity contribution >= 4 is 0 Å². The highest BCUT2D eigenvalue weighted by molar-refractivity contribution is 5.27. The van der Waals surface area contributed by atoms with Gasteiger partial charge >= 0.3 is 0 Å². The predicted octanol–water partition coefficient (Wildman–Crippen LogP) is 4.15. The maximum absolute atomic E-state index is 13.4. The third-order valence-corrected chi connectivity index (χ3v) is 4.55. The van der Waals surface area contributed by atoms with Crippen molar-refractivity contribution in [3.8, 4) is 0 Å². The van der Waals surface area contributed by atoms with E-state index in [1.165, 1.54) is 6.07 Å². The van der Waals surface area contributed by atoms with E-state index in [9.17, 15) is 9.50 Å². The number of hydrogen-bond donors (Lipinski definition) is 1. The molecule has 2 rings (SSSR count). The Morgan fingerprint density at radius 1 is 1.40 bits per heavy atom. The summed E-state index contributed by atoms with van der Waals surface area (Å²) in [5.41, 5.74) is 0.815. The minimum atomic E-state index is -0.686. The molecule has 3 heteroatoms. The first-order valence-electron chi connectivity index (χ1n) is 7.56. The summed E-state index contributed by atoms with van der Waals surface area (Å²) >= 11 is 0. The molecule has 0 heterocycles. The molecule has 0 radical (unpaired) electrons. The van der Waals surface area contributed by atoms with Crippen LogP contribution in [0.2, 0.25) is 0 Å². The normalized spacial score (nSPS) is 28.4. The second-order valence-electron chi connectivity index (χ2n) is 6.09. The van der Waals surface area contributed by atoms with Gasteiger partial charge in [-0.1, -0.05) is 19.1 Å². The number of hydrogen-bond acceptors (Lipinski definition) is 2.